The Kier molecular flexibility index (Phi) is 3.82. The third-order valence-electron chi connectivity index (χ3n) is 4.55. The van der Waals surface area contributed by atoms with E-state index in [1.54, 1.807) is 11.0 Å². The Hall–Kier alpha value is -2.04. The average Bonchev–Trinajstić information content (AvgIpc) is 2.44. The highest BCUT2D eigenvalue weighted by Gasteiger charge is 2.32. The first-order valence-electron chi connectivity index (χ1n) is 7.54. The molecular formula is C16H20N2O3. The minimum absolute atomic E-state index is 0.113. The third-order valence-corrected chi connectivity index (χ3v) is 4.55. The molecule has 5 nitrogen and oxygen atoms in total. The molecule has 1 aliphatic carbocycles. The maximum Gasteiger partial charge on any atom is 0.321 e. The van der Waals surface area contributed by atoms with Crippen molar-refractivity contribution in [1.82, 2.24) is 5.32 Å². The fourth-order valence-corrected chi connectivity index (χ4v) is 3.05. The van der Waals surface area contributed by atoms with Crippen molar-refractivity contribution in [3.63, 3.8) is 0 Å². The molecule has 1 atom stereocenters. The van der Waals surface area contributed by atoms with E-state index in [9.17, 15) is 14.7 Å². The molecule has 0 saturated heterocycles. The van der Waals surface area contributed by atoms with Crippen LogP contribution < -0.4 is 10.2 Å². The molecule has 3 rings (SSSR count). The summed E-state index contributed by atoms with van der Waals surface area (Å²) < 4.78 is 0. The lowest BCUT2D eigenvalue weighted by atomic mass is 9.85. The number of carboxylic acids is 1. The van der Waals surface area contributed by atoms with Crippen molar-refractivity contribution in [2.75, 3.05) is 18.0 Å². The maximum absolute atomic E-state index is 12.3. The number of carboxylic acid groups (broad SMARTS) is 1. The number of hydrogen-bond acceptors (Lipinski definition) is 2. The number of hydrogen-bond donors (Lipinski definition) is 2. The molecule has 2 aliphatic rings. The van der Waals surface area contributed by atoms with Gasteiger partial charge in [-0.3, -0.25) is 9.69 Å². The van der Waals surface area contributed by atoms with Crippen LogP contribution in [0.3, 0.4) is 0 Å². The number of rotatable bonds is 3. The number of amides is 2. The van der Waals surface area contributed by atoms with E-state index in [0.717, 1.165) is 17.8 Å². The molecule has 1 fully saturated rings. The zero-order chi connectivity index (χ0) is 14.8. The zero-order valence-corrected chi connectivity index (χ0v) is 11.9. The molecule has 21 heavy (non-hydrogen) atoms. The van der Waals surface area contributed by atoms with Crippen LogP contribution in [0.4, 0.5) is 10.5 Å². The molecule has 1 aromatic rings. The summed E-state index contributed by atoms with van der Waals surface area (Å²) in [4.78, 5) is 25.4. The number of para-hydroxylation sites is 1. The first kappa shape index (κ1) is 13.9. The molecule has 112 valence electrons. The highest BCUT2D eigenvalue weighted by molar-refractivity contribution is 5.95. The number of nitrogens with zero attached hydrogens (tertiary/aromatic N) is 1. The summed E-state index contributed by atoms with van der Waals surface area (Å²) in [7, 11) is 0. The van der Waals surface area contributed by atoms with Gasteiger partial charge in [0.1, 0.15) is 0 Å². The van der Waals surface area contributed by atoms with Crippen molar-refractivity contribution >= 4 is 17.7 Å². The first-order chi connectivity index (χ1) is 10.2. The van der Waals surface area contributed by atoms with Crippen LogP contribution in [-0.4, -0.2) is 30.2 Å². The number of carbonyl (C=O) groups is 2. The average molecular weight is 288 g/mol. The van der Waals surface area contributed by atoms with Gasteiger partial charge < -0.3 is 10.4 Å². The molecule has 2 amide bonds. The molecule has 2 N–H and O–H groups in total. The highest BCUT2D eigenvalue weighted by Crippen LogP contribution is 2.35. The predicted octanol–water partition coefficient (Wildman–Crippen LogP) is 2.57. The molecule has 0 spiro atoms. The van der Waals surface area contributed by atoms with Gasteiger partial charge in [-0.15, -0.1) is 0 Å². The van der Waals surface area contributed by atoms with Gasteiger partial charge in [0.2, 0.25) is 0 Å². The van der Waals surface area contributed by atoms with E-state index < -0.39 is 11.9 Å². The Morgan fingerprint density at radius 2 is 2.00 bits per heavy atom. The number of carbonyl (C=O) groups excluding carboxylic acids is 1. The maximum atomic E-state index is 12.3. The molecule has 0 aromatic heterocycles. The Morgan fingerprint density at radius 1 is 1.24 bits per heavy atom. The third kappa shape index (κ3) is 2.73. The van der Waals surface area contributed by atoms with E-state index in [4.69, 9.17) is 0 Å². The fourth-order valence-electron chi connectivity index (χ4n) is 3.05. The highest BCUT2D eigenvalue weighted by atomic mass is 16.4. The Labute approximate surface area is 123 Å². The van der Waals surface area contributed by atoms with Gasteiger partial charge in [0.15, 0.2) is 0 Å². The van der Waals surface area contributed by atoms with Crippen LogP contribution in [0, 0.1) is 5.92 Å². The summed E-state index contributed by atoms with van der Waals surface area (Å²) in [5.41, 5.74) is 1.46. The summed E-state index contributed by atoms with van der Waals surface area (Å²) in [6.07, 6.45) is 4.10. The van der Waals surface area contributed by atoms with E-state index in [1.165, 1.54) is 19.3 Å². The van der Waals surface area contributed by atoms with Gasteiger partial charge in [-0.1, -0.05) is 24.6 Å². The second-order valence-electron chi connectivity index (χ2n) is 5.87. The zero-order valence-electron chi connectivity index (χ0n) is 11.9. The summed E-state index contributed by atoms with van der Waals surface area (Å²) in [6.45, 7) is 1.17. The van der Waals surface area contributed by atoms with Crippen LogP contribution in [-0.2, 0) is 4.79 Å². The summed E-state index contributed by atoms with van der Waals surface area (Å²) in [6, 6.07) is 7.19. The topological polar surface area (TPSA) is 69.6 Å². The van der Waals surface area contributed by atoms with Gasteiger partial charge in [-0.25, -0.2) is 4.79 Å². The minimum atomic E-state index is -0.822. The molecule has 1 heterocycles. The predicted molar refractivity (Wildman–Crippen MR) is 79.5 cm³/mol. The summed E-state index contributed by atoms with van der Waals surface area (Å²) in [5, 5.41) is 12.3. The van der Waals surface area contributed by atoms with Crippen LogP contribution in [0.1, 0.15) is 37.2 Å². The number of aliphatic carboxylic acids is 1. The molecule has 1 aromatic carbocycles. The Morgan fingerprint density at radius 3 is 2.67 bits per heavy atom. The molecule has 1 saturated carbocycles. The second kappa shape index (κ2) is 5.76. The molecule has 1 unspecified atom stereocenters. The number of fused-ring (bicyclic) bond motifs is 1. The van der Waals surface area contributed by atoms with Gasteiger partial charge >= 0.3 is 12.0 Å². The number of nitrogens with one attached hydrogen (secondary N) is 1. The monoisotopic (exact) mass is 288 g/mol. The molecule has 1 aliphatic heterocycles. The summed E-state index contributed by atoms with van der Waals surface area (Å²) >= 11 is 0. The number of benzene rings is 1. The van der Waals surface area contributed by atoms with Gasteiger partial charge in [-0.05, 0) is 36.8 Å². The molecule has 5 heteroatoms. The standard InChI is InChI=1S/C16H20N2O3/c19-15(20)13-8-9-18(14-7-2-1-6-12(13)14)16(21)17-10-11-4-3-5-11/h1-2,6-7,11,13H,3-5,8-10H2,(H,17,21)(H,19,20). The van der Waals surface area contributed by atoms with E-state index in [2.05, 4.69) is 5.32 Å². The lowest BCUT2D eigenvalue weighted by Gasteiger charge is -2.33. The number of anilines is 1. The van der Waals surface area contributed by atoms with Crippen molar-refractivity contribution in [3.8, 4) is 0 Å². The fraction of sp³-hybridized carbons (Fsp3) is 0.500. The van der Waals surface area contributed by atoms with Crippen LogP contribution in [0.5, 0.6) is 0 Å². The SMILES string of the molecule is O=C(O)C1CCN(C(=O)NCC2CCC2)c2ccccc21. The van der Waals surface area contributed by atoms with Gasteiger partial charge in [0.25, 0.3) is 0 Å². The van der Waals surface area contributed by atoms with Crippen molar-refractivity contribution in [3.05, 3.63) is 29.8 Å². The first-order valence-corrected chi connectivity index (χ1v) is 7.54. The van der Waals surface area contributed by atoms with Crippen LogP contribution in [0.25, 0.3) is 0 Å². The van der Waals surface area contributed by atoms with Gasteiger partial charge in [0.05, 0.1) is 5.92 Å². The smallest absolute Gasteiger partial charge is 0.321 e. The van der Waals surface area contributed by atoms with E-state index in [0.29, 0.717) is 18.9 Å². The summed E-state index contributed by atoms with van der Waals surface area (Å²) in [5.74, 6) is -0.727. The van der Waals surface area contributed by atoms with Crippen LogP contribution >= 0.6 is 0 Å². The molecule has 0 bridgehead atoms. The van der Waals surface area contributed by atoms with E-state index >= 15 is 0 Å². The largest absolute Gasteiger partial charge is 0.481 e. The number of urea groups is 1. The van der Waals surface area contributed by atoms with Crippen LogP contribution in [0.2, 0.25) is 0 Å². The van der Waals surface area contributed by atoms with E-state index in [1.807, 2.05) is 18.2 Å². The Balaban J connectivity index is 1.75. The van der Waals surface area contributed by atoms with Crippen molar-refractivity contribution < 1.29 is 14.7 Å². The Bertz CT molecular complexity index is 554. The molecular weight excluding hydrogens is 268 g/mol. The van der Waals surface area contributed by atoms with Crippen molar-refractivity contribution in [2.45, 2.75) is 31.6 Å². The van der Waals surface area contributed by atoms with Crippen molar-refractivity contribution in [1.29, 1.82) is 0 Å². The van der Waals surface area contributed by atoms with E-state index in [-0.39, 0.29) is 6.03 Å². The normalized spacial score (nSPS) is 21.3. The van der Waals surface area contributed by atoms with Crippen LogP contribution in [0.15, 0.2) is 24.3 Å². The van der Waals surface area contributed by atoms with Crippen molar-refractivity contribution in [2.24, 2.45) is 5.92 Å². The lowest BCUT2D eigenvalue weighted by Crippen LogP contribution is -2.46. The quantitative estimate of drug-likeness (QED) is 0.898. The second-order valence-corrected chi connectivity index (χ2v) is 5.87. The molecule has 0 radical (unpaired) electrons. The van der Waals surface area contributed by atoms with Gasteiger partial charge in [0, 0.05) is 18.8 Å². The van der Waals surface area contributed by atoms with Gasteiger partial charge in [-0.2, -0.15) is 0 Å². The lowest BCUT2D eigenvalue weighted by molar-refractivity contribution is -0.139. The minimum Gasteiger partial charge on any atom is -0.481 e.